The number of anilines is 2. The predicted octanol–water partition coefficient (Wildman–Crippen LogP) is 2.63. The van der Waals surface area contributed by atoms with Crippen LogP contribution in [0, 0.1) is 13.8 Å². The number of nitrogens with two attached hydrogens (primary N) is 1. The van der Waals surface area contributed by atoms with E-state index in [1.54, 1.807) is 24.3 Å². The summed E-state index contributed by atoms with van der Waals surface area (Å²) in [6.07, 6.45) is 0. The molecule has 0 aromatic heterocycles. The first-order valence-electron chi connectivity index (χ1n) is 6.57. The van der Waals surface area contributed by atoms with Crippen LogP contribution in [-0.2, 0) is 15.6 Å². The van der Waals surface area contributed by atoms with Gasteiger partial charge in [-0.2, -0.15) is 0 Å². The van der Waals surface area contributed by atoms with Gasteiger partial charge in [-0.3, -0.25) is 9.00 Å². The zero-order valence-corrected chi connectivity index (χ0v) is 12.9. The van der Waals surface area contributed by atoms with Gasteiger partial charge in [-0.05, 0) is 49.2 Å². The summed E-state index contributed by atoms with van der Waals surface area (Å²) in [5.41, 5.74) is 8.88. The van der Waals surface area contributed by atoms with Crippen LogP contribution in [0.25, 0.3) is 0 Å². The van der Waals surface area contributed by atoms with E-state index in [2.05, 4.69) is 5.32 Å². The number of nitrogens with one attached hydrogen (secondary N) is 1. The molecule has 1 amide bonds. The molecule has 2 aromatic carbocycles. The fraction of sp³-hybridized carbons (Fsp3) is 0.188. The fourth-order valence-corrected chi connectivity index (χ4v) is 3.14. The molecule has 0 aliphatic heterocycles. The van der Waals surface area contributed by atoms with E-state index < -0.39 is 10.8 Å². The van der Waals surface area contributed by atoms with Crippen LogP contribution in [0.5, 0.6) is 0 Å². The molecule has 0 bridgehead atoms. The molecule has 0 fully saturated rings. The van der Waals surface area contributed by atoms with E-state index >= 15 is 0 Å². The first kappa shape index (κ1) is 15.3. The van der Waals surface area contributed by atoms with Crippen LogP contribution in [-0.4, -0.2) is 15.9 Å². The Balaban J connectivity index is 2.05. The quantitative estimate of drug-likeness (QED) is 0.853. The van der Waals surface area contributed by atoms with Gasteiger partial charge < -0.3 is 11.1 Å². The second-order valence-corrected chi connectivity index (χ2v) is 6.35. The highest BCUT2D eigenvalue weighted by Crippen LogP contribution is 2.17. The third-order valence-electron chi connectivity index (χ3n) is 3.02. The Morgan fingerprint density at radius 1 is 1.19 bits per heavy atom. The van der Waals surface area contributed by atoms with Gasteiger partial charge in [-0.25, -0.2) is 0 Å². The molecule has 0 saturated heterocycles. The summed E-state index contributed by atoms with van der Waals surface area (Å²) in [6, 6.07) is 12.7. The normalized spacial score (nSPS) is 11.9. The smallest absolute Gasteiger partial charge is 0.237 e. The summed E-state index contributed by atoms with van der Waals surface area (Å²) in [7, 11) is -1.41. The first-order valence-corrected chi connectivity index (χ1v) is 7.88. The molecule has 4 nitrogen and oxygen atoms in total. The van der Waals surface area contributed by atoms with Gasteiger partial charge in [-0.1, -0.05) is 18.2 Å². The Bertz CT molecular complexity index is 698. The SMILES string of the molecule is Cc1cccc(NC(=O)CS(=O)c2cc(N)ccc2C)c1. The van der Waals surface area contributed by atoms with E-state index in [4.69, 9.17) is 5.73 Å². The monoisotopic (exact) mass is 302 g/mol. The van der Waals surface area contributed by atoms with Crippen LogP contribution in [0.3, 0.4) is 0 Å². The summed E-state index contributed by atoms with van der Waals surface area (Å²) in [4.78, 5) is 12.6. The Kier molecular flexibility index (Phi) is 4.75. The third-order valence-corrected chi connectivity index (χ3v) is 4.48. The second kappa shape index (κ2) is 6.54. The first-order chi connectivity index (χ1) is 9.95. The molecular formula is C16H18N2O2S. The Morgan fingerprint density at radius 3 is 2.67 bits per heavy atom. The van der Waals surface area contributed by atoms with E-state index in [0.29, 0.717) is 16.3 Å². The Hall–Kier alpha value is -2.14. The van der Waals surface area contributed by atoms with Crippen LogP contribution in [0.4, 0.5) is 11.4 Å². The molecule has 2 rings (SSSR count). The van der Waals surface area contributed by atoms with Gasteiger partial charge in [0.05, 0.1) is 10.8 Å². The van der Waals surface area contributed by atoms with E-state index in [1.807, 2.05) is 32.0 Å². The van der Waals surface area contributed by atoms with Crippen molar-refractivity contribution in [1.82, 2.24) is 0 Å². The number of carbonyl (C=O) groups excluding carboxylic acids is 1. The molecule has 1 atom stereocenters. The van der Waals surface area contributed by atoms with Gasteiger partial charge in [-0.15, -0.1) is 0 Å². The fourth-order valence-electron chi connectivity index (χ4n) is 1.98. The highest BCUT2D eigenvalue weighted by molar-refractivity contribution is 7.85. The van der Waals surface area contributed by atoms with Crippen LogP contribution in [0.1, 0.15) is 11.1 Å². The van der Waals surface area contributed by atoms with Gasteiger partial charge >= 0.3 is 0 Å². The van der Waals surface area contributed by atoms with E-state index in [9.17, 15) is 9.00 Å². The summed E-state index contributed by atoms with van der Waals surface area (Å²) in [5, 5.41) is 2.75. The summed E-state index contributed by atoms with van der Waals surface area (Å²) in [5.74, 6) is -0.362. The number of hydrogen-bond donors (Lipinski definition) is 2. The van der Waals surface area contributed by atoms with Crippen LogP contribution < -0.4 is 11.1 Å². The largest absolute Gasteiger partial charge is 0.399 e. The van der Waals surface area contributed by atoms with Crippen molar-refractivity contribution >= 4 is 28.1 Å². The average Bonchev–Trinajstić information content (AvgIpc) is 2.41. The van der Waals surface area contributed by atoms with Crippen molar-refractivity contribution in [3.05, 3.63) is 53.6 Å². The van der Waals surface area contributed by atoms with Crippen molar-refractivity contribution < 1.29 is 9.00 Å². The number of aryl methyl sites for hydroxylation is 2. The maximum atomic E-state index is 12.3. The van der Waals surface area contributed by atoms with Crippen LogP contribution in [0.15, 0.2) is 47.4 Å². The molecule has 0 heterocycles. The number of hydrogen-bond acceptors (Lipinski definition) is 3. The topological polar surface area (TPSA) is 72.2 Å². The molecule has 0 aliphatic carbocycles. The highest BCUT2D eigenvalue weighted by atomic mass is 32.2. The second-order valence-electron chi connectivity index (χ2n) is 4.93. The maximum Gasteiger partial charge on any atom is 0.237 e. The number of carbonyl (C=O) groups is 1. The van der Waals surface area contributed by atoms with Crippen molar-refractivity contribution in [2.45, 2.75) is 18.7 Å². The van der Waals surface area contributed by atoms with Gasteiger partial charge in [0.1, 0.15) is 5.75 Å². The van der Waals surface area contributed by atoms with Crippen molar-refractivity contribution in [3.63, 3.8) is 0 Å². The molecule has 0 saturated carbocycles. The Labute approximate surface area is 126 Å². The minimum atomic E-state index is -1.41. The molecule has 5 heteroatoms. The van der Waals surface area contributed by atoms with E-state index in [0.717, 1.165) is 11.1 Å². The third kappa shape index (κ3) is 4.16. The molecule has 0 aliphatic rings. The van der Waals surface area contributed by atoms with Gasteiger partial charge in [0.15, 0.2) is 0 Å². The number of benzene rings is 2. The molecule has 0 spiro atoms. The van der Waals surface area contributed by atoms with Crippen molar-refractivity contribution in [2.24, 2.45) is 0 Å². The zero-order chi connectivity index (χ0) is 15.4. The van der Waals surface area contributed by atoms with Gasteiger partial charge in [0, 0.05) is 16.3 Å². The minimum Gasteiger partial charge on any atom is -0.399 e. The molecular weight excluding hydrogens is 284 g/mol. The molecule has 3 N–H and O–H groups in total. The molecule has 2 aromatic rings. The van der Waals surface area contributed by atoms with Crippen molar-refractivity contribution in [2.75, 3.05) is 16.8 Å². The number of rotatable bonds is 4. The zero-order valence-electron chi connectivity index (χ0n) is 12.1. The molecule has 1 unspecified atom stereocenters. The Morgan fingerprint density at radius 2 is 1.95 bits per heavy atom. The maximum absolute atomic E-state index is 12.3. The van der Waals surface area contributed by atoms with Crippen molar-refractivity contribution in [1.29, 1.82) is 0 Å². The van der Waals surface area contributed by atoms with Gasteiger partial charge in [0.25, 0.3) is 0 Å². The number of nitrogen functional groups attached to an aromatic ring is 1. The van der Waals surface area contributed by atoms with Crippen molar-refractivity contribution in [3.8, 4) is 0 Å². The molecule has 0 radical (unpaired) electrons. The lowest BCUT2D eigenvalue weighted by Crippen LogP contribution is -2.20. The van der Waals surface area contributed by atoms with E-state index in [1.165, 1.54) is 0 Å². The lowest BCUT2D eigenvalue weighted by Gasteiger charge is -2.08. The molecule has 21 heavy (non-hydrogen) atoms. The van der Waals surface area contributed by atoms with Crippen LogP contribution in [0.2, 0.25) is 0 Å². The average molecular weight is 302 g/mol. The summed E-state index contributed by atoms with van der Waals surface area (Å²) in [6.45, 7) is 3.80. The highest BCUT2D eigenvalue weighted by Gasteiger charge is 2.13. The standard InChI is InChI=1S/C16H18N2O2S/c1-11-4-3-5-14(8-11)18-16(19)10-21(20)15-9-13(17)7-6-12(15)2/h3-9H,10,17H2,1-2H3,(H,18,19). The van der Waals surface area contributed by atoms with Gasteiger partial charge in [0.2, 0.25) is 5.91 Å². The van der Waals surface area contributed by atoms with E-state index in [-0.39, 0.29) is 11.7 Å². The summed E-state index contributed by atoms with van der Waals surface area (Å²) < 4.78 is 12.3. The summed E-state index contributed by atoms with van der Waals surface area (Å²) >= 11 is 0. The predicted molar refractivity (Wildman–Crippen MR) is 86.7 cm³/mol. The lowest BCUT2D eigenvalue weighted by atomic mass is 10.2. The lowest BCUT2D eigenvalue weighted by molar-refractivity contribution is -0.113. The number of amides is 1. The minimum absolute atomic E-state index is 0.0851. The molecule has 110 valence electrons. The van der Waals surface area contributed by atoms with Crippen LogP contribution >= 0.6 is 0 Å².